The van der Waals surface area contributed by atoms with Gasteiger partial charge in [0.2, 0.25) is 5.91 Å². The summed E-state index contributed by atoms with van der Waals surface area (Å²) in [6, 6.07) is 0.415. The van der Waals surface area contributed by atoms with Gasteiger partial charge in [-0.2, -0.15) is 0 Å². The number of nitrogens with zero attached hydrogens (tertiary/aromatic N) is 3. The molecule has 2 heterocycles. The molecule has 116 valence electrons. The van der Waals surface area contributed by atoms with Crippen LogP contribution in [0.25, 0.3) is 4.96 Å². The maximum atomic E-state index is 11.4. The van der Waals surface area contributed by atoms with E-state index < -0.39 is 0 Å². The summed E-state index contributed by atoms with van der Waals surface area (Å²) in [5.74, 6) is 0.989. The van der Waals surface area contributed by atoms with Gasteiger partial charge in [-0.1, -0.05) is 13.8 Å². The van der Waals surface area contributed by atoms with Crippen molar-refractivity contribution in [1.29, 1.82) is 0 Å². The first-order valence-corrected chi connectivity index (χ1v) is 8.00. The molecule has 1 amide bonds. The predicted octanol–water partition coefficient (Wildman–Crippen LogP) is 1.47. The fourth-order valence-electron chi connectivity index (χ4n) is 2.09. The number of hydrogen-bond donors (Lipinski definition) is 2. The molecule has 0 radical (unpaired) electrons. The van der Waals surface area contributed by atoms with Crippen LogP contribution in [0.5, 0.6) is 0 Å². The van der Waals surface area contributed by atoms with Gasteiger partial charge in [0, 0.05) is 51.2 Å². The Kier molecular flexibility index (Phi) is 5.19. The summed E-state index contributed by atoms with van der Waals surface area (Å²) in [6.07, 6.45) is 2.51. The molecular weight excluding hydrogens is 286 g/mol. The van der Waals surface area contributed by atoms with Crippen molar-refractivity contribution in [2.24, 2.45) is 0 Å². The molecule has 21 heavy (non-hydrogen) atoms. The summed E-state index contributed by atoms with van der Waals surface area (Å²) in [7, 11) is 3.64. The zero-order chi connectivity index (χ0) is 15.4. The number of amides is 1. The number of carbonyl (C=O) groups excluding carboxylic acids is 1. The van der Waals surface area contributed by atoms with E-state index >= 15 is 0 Å². The van der Waals surface area contributed by atoms with Crippen molar-refractivity contribution in [3.05, 3.63) is 17.3 Å². The van der Waals surface area contributed by atoms with E-state index in [2.05, 4.69) is 28.9 Å². The third kappa shape index (κ3) is 3.74. The quantitative estimate of drug-likeness (QED) is 0.813. The Labute approximate surface area is 129 Å². The van der Waals surface area contributed by atoms with E-state index in [1.807, 2.05) is 23.5 Å². The number of carbonyl (C=O) groups is 1. The first kappa shape index (κ1) is 15.8. The van der Waals surface area contributed by atoms with Gasteiger partial charge in [0.05, 0.1) is 5.69 Å². The van der Waals surface area contributed by atoms with E-state index in [1.54, 1.807) is 18.4 Å². The van der Waals surface area contributed by atoms with Crippen molar-refractivity contribution in [1.82, 2.24) is 20.0 Å². The van der Waals surface area contributed by atoms with Crippen molar-refractivity contribution in [3.8, 4) is 0 Å². The number of rotatable bonds is 7. The Morgan fingerprint density at radius 2 is 2.29 bits per heavy atom. The molecule has 0 spiro atoms. The molecule has 0 aromatic carbocycles. The molecule has 7 heteroatoms. The van der Waals surface area contributed by atoms with Crippen LogP contribution in [0.15, 0.2) is 11.6 Å². The second-order valence-electron chi connectivity index (χ2n) is 5.32. The molecule has 0 aliphatic heterocycles. The highest BCUT2D eigenvalue weighted by atomic mass is 32.1. The van der Waals surface area contributed by atoms with Crippen LogP contribution in [0.4, 0.5) is 5.82 Å². The predicted molar refractivity (Wildman–Crippen MR) is 87.0 cm³/mol. The first-order valence-electron chi connectivity index (χ1n) is 7.12. The zero-order valence-electron chi connectivity index (χ0n) is 13.0. The van der Waals surface area contributed by atoms with E-state index in [1.165, 1.54) is 0 Å². The monoisotopic (exact) mass is 309 g/mol. The molecule has 6 nitrogen and oxygen atoms in total. The molecule has 2 aromatic rings. The second-order valence-corrected chi connectivity index (χ2v) is 6.19. The van der Waals surface area contributed by atoms with E-state index in [4.69, 9.17) is 4.98 Å². The van der Waals surface area contributed by atoms with Gasteiger partial charge in [-0.3, -0.25) is 9.20 Å². The molecule has 0 saturated carbocycles. The number of fused-ring (bicyclic) bond motifs is 1. The van der Waals surface area contributed by atoms with Crippen molar-refractivity contribution < 1.29 is 4.79 Å². The SMILES string of the molecule is CNC(=O)CCN(C)c1nc2sccn2c1CNC(C)C. The van der Waals surface area contributed by atoms with Crippen LogP contribution in [0.1, 0.15) is 26.0 Å². The molecule has 0 atom stereocenters. The molecule has 2 aromatic heterocycles. The largest absolute Gasteiger partial charge is 0.359 e. The molecule has 0 fully saturated rings. The molecular formula is C14H23N5OS. The van der Waals surface area contributed by atoms with Crippen LogP contribution in [-0.2, 0) is 11.3 Å². The lowest BCUT2D eigenvalue weighted by Gasteiger charge is -2.18. The average Bonchev–Trinajstić information content (AvgIpc) is 3.02. The Bertz CT molecular complexity index is 604. The minimum atomic E-state index is 0.0460. The summed E-state index contributed by atoms with van der Waals surface area (Å²) in [5.41, 5.74) is 1.14. The van der Waals surface area contributed by atoms with Gasteiger partial charge in [0.1, 0.15) is 0 Å². The van der Waals surface area contributed by atoms with Crippen molar-refractivity contribution in [3.63, 3.8) is 0 Å². The summed E-state index contributed by atoms with van der Waals surface area (Å²) >= 11 is 1.62. The smallest absolute Gasteiger partial charge is 0.221 e. The minimum Gasteiger partial charge on any atom is -0.359 e. The van der Waals surface area contributed by atoms with Crippen LogP contribution in [0.2, 0.25) is 0 Å². The molecule has 0 saturated heterocycles. The Balaban J connectivity index is 2.18. The Morgan fingerprint density at radius 3 is 2.95 bits per heavy atom. The third-order valence-corrected chi connectivity index (χ3v) is 4.09. The first-order chi connectivity index (χ1) is 10.0. The van der Waals surface area contributed by atoms with Gasteiger partial charge in [0.15, 0.2) is 10.8 Å². The number of hydrogen-bond acceptors (Lipinski definition) is 5. The third-order valence-electron chi connectivity index (χ3n) is 3.33. The molecule has 2 rings (SSSR count). The Morgan fingerprint density at radius 1 is 1.52 bits per heavy atom. The maximum Gasteiger partial charge on any atom is 0.221 e. The molecule has 0 unspecified atom stereocenters. The summed E-state index contributed by atoms with van der Waals surface area (Å²) in [5, 5.41) is 8.12. The maximum absolute atomic E-state index is 11.4. The lowest BCUT2D eigenvalue weighted by molar-refractivity contribution is -0.120. The number of nitrogens with one attached hydrogen (secondary N) is 2. The fraction of sp³-hybridized carbons (Fsp3) is 0.571. The van der Waals surface area contributed by atoms with Crippen molar-refractivity contribution >= 4 is 28.0 Å². The summed E-state index contributed by atoms with van der Waals surface area (Å²) in [4.78, 5) is 19.1. The van der Waals surface area contributed by atoms with Crippen molar-refractivity contribution in [2.75, 3.05) is 25.5 Å². The van der Waals surface area contributed by atoms with Crippen LogP contribution in [0, 0.1) is 0 Å². The minimum absolute atomic E-state index is 0.0460. The lowest BCUT2D eigenvalue weighted by atomic mass is 10.3. The van der Waals surface area contributed by atoms with E-state index in [9.17, 15) is 4.79 Å². The normalized spacial score (nSPS) is 11.3. The van der Waals surface area contributed by atoms with Gasteiger partial charge in [-0.15, -0.1) is 11.3 Å². The topological polar surface area (TPSA) is 61.7 Å². The average molecular weight is 309 g/mol. The van der Waals surface area contributed by atoms with Gasteiger partial charge in [-0.25, -0.2) is 4.98 Å². The molecule has 0 aliphatic rings. The second kappa shape index (κ2) is 6.91. The summed E-state index contributed by atoms with van der Waals surface area (Å²) < 4.78 is 2.12. The molecule has 2 N–H and O–H groups in total. The number of imidazole rings is 1. The number of thiazole rings is 1. The standard InChI is InChI=1S/C14H23N5OS/c1-10(2)16-9-11-13(17-14-19(11)7-8-21-14)18(4)6-5-12(20)15-3/h7-8,10,16H,5-6,9H2,1-4H3,(H,15,20). The van der Waals surface area contributed by atoms with Crippen LogP contribution in [-0.4, -0.2) is 42.0 Å². The van der Waals surface area contributed by atoms with Gasteiger partial charge in [-0.05, 0) is 0 Å². The molecule has 0 bridgehead atoms. The van der Waals surface area contributed by atoms with E-state index in [0.717, 1.165) is 23.0 Å². The fourth-order valence-corrected chi connectivity index (χ4v) is 2.82. The highest BCUT2D eigenvalue weighted by Crippen LogP contribution is 2.24. The number of aromatic nitrogens is 2. The highest BCUT2D eigenvalue weighted by Gasteiger charge is 2.17. The zero-order valence-corrected chi connectivity index (χ0v) is 13.8. The van der Waals surface area contributed by atoms with E-state index in [0.29, 0.717) is 19.0 Å². The highest BCUT2D eigenvalue weighted by molar-refractivity contribution is 7.15. The van der Waals surface area contributed by atoms with Gasteiger partial charge < -0.3 is 15.5 Å². The van der Waals surface area contributed by atoms with Gasteiger partial charge in [0.25, 0.3) is 0 Å². The van der Waals surface area contributed by atoms with Crippen LogP contribution >= 0.6 is 11.3 Å². The Hall–Kier alpha value is -1.60. The lowest BCUT2D eigenvalue weighted by Crippen LogP contribution is -2.28. The van der Waals surface area contributed by atoms with Crippen LogP contribution in [0.3, 0.4) is 0 Å². The van der Waals surface area contributed by atoms with E-state index in [-0.39, 0.29) is 5.91 Å². The summed E-state index contributed by atoms with van der Waals surface area (Å²) in [6.45, 7) is 5.66. The molecule has 0 aliphatic carbocycles. The number of anilines is 1. The van der Waals surface area contributed by atoms with Crippen LogP contribution < -0.4 is 15.5 Å². The van der Waals surface area contributed by atoms with Gasteiger partial charge >= 0.3 is 0 Å². The van der Waals surface area contributed by atoms with Crippen molar-refractivity contribution in [2.45, 2.75) is 32.9 Å².